The van der Waals surface area contributed by atoms with Crippen LogP contribution >= 0.6 is 11.6 Å². The van der Waals surface area contributed by atoms with Crippen LogP contribution in [0.2, 0.25) is 5.02 Å². The van der Waals surface area contributed by atoms with Crippen LogP contribution in [-0.4, -0.2) is 31.6 Å². The molecule has 0 spiro atoms. The normalized spacial score (nSPS) is 12.0. The number of nitrogens with zero attached hydrogens (tertiary/aromatic N) is 3. The molecule has 4 heterocycles. The van der Waals surface area contributed by atoms with Gasteiger partial charge in [0.25, 0.3) is 11.8 Å². The number of nitrogens with one attached hydrogen (secondary N) is 3. The van der Waals surface area contributed by atoms with Crippen molar-refractivity contribution < 1.29 is 9.59 Å². The van der Waals surface area contributed by atoms with E-state index in [1.165, 1.54) is 0 Å². The Morgan fingerprint density at radius 2 is 2.03 bits per heavy atom. The third kappa shape index (κ3) is 3.76. The summed E-state index contributed by atoms with van der Waals surface area (Å²) in [6, 6.07) is 12.4. The van der Waals surface area contributed by atoms with Gasteiger partial charge in [0.05, 0.1) is 27.5 Å². The van der Waals surface area contributed by atoms with Crippen LogP contribution in [-0.2, 0) is 19.5 Å². The Bertz CT molecular complexity index is 1310. The molecule has 0 atom stereocenters. The van der Waals surface area contributed by atoms with Crippen LogP contribution in [0.4, 0.5) is 5.82 Å². The molecule has 8 nitrogen and oxygen atoms in total. The molecule has 0 radical (unpaired) electrons. The van der Waals surface area contributed by atoms with Crippen molar-refractivity contribution in [3.05, 3.63) is 88.3 Å². The van der Waals surface area contributed by atoms with Crippen LogP contribution in [0.25, 0.3) is 11.4 Å². The smallest absolute Gasteiger partial charge is 0.258 e. The first-order chi connectivity index (χ1) is 15.6. The number of carbonyl (C=O) groups excluding carboxylic acids is 2. The number of amides is 2. The van der Waals surface area contributed by atoms with Crippen LogP contribution in [0.15, 0.2) is 61.1 Å². The Labute approximate surface area is 188 Å². The third-order valence-electron chi connectivity index (χ3n) is 5.41. The van der Waals surface area contributed by atoms with Gasteiger partial charge in [-0.2, -0.15) is 5.10 Å². The Hall–Kier alpha value is -3.91. The summed E-state index contributed by atoms with van der Waals surface area (Å²) >= 11 is 6.13. The molecule has 0 saturated carbocycles. The first-order valence-electron chi connectivity index (χ1n) is 10.1. The highest BCUT2D eigenvalue weighted by Gasteiger charge is 2.25. The van der Waals surface area contributed by atoms with Crippen LogP contribution < -0.4 is 10.6 Å². The van der Waals surface area contributed by atoms with Crippen molar-refractivity contribution in [1.29, 1.82) is 0 Å². The van der Waals surface area contributed by atoms with E-state index < -0.39 is 0 Å². The first-order valence-corrected chi connectivity index (χ1v) is 10.5. The minimum atomic E-state index is -0.318. The Morgan fingerprint density at radius 1 is 1.16 bits per heavy atom. The quantitative estimate of drug-likeness (QED) is 0.435. The molecule has 9 heteroatoms. The number of hydrogen-bond donors (Lipinski definition) is 3. The molecule has 0 unspecified atom stereocenters. The van der Waals surface area contributed by atoms with Gasteiger partial charge < -0.3 is 15.2 Å². The number of H-pyrrole nitrogens is 1. The summed E-state index contributed by atoms with van der Waals surface area (Å²) in [6.45, 7) is 1.08. The molecular formula is C23H19ClN6O2. The molecule has 32 heavy (non-hydrogen) atoms. The van der Waals surface area contributed by atoms with Crippen molar-refractivity contribution in [1.82, 2.24) is 25.1 Å². The van der Waals surface area contributed by atoms with Gasteiger partial charge in [0.2, 0.25) is 0 Å². The molecule has 2 amide bonds. The van der Waals surface area contributed by atoms with E-state index in [0.29, 0.717) is 41.5 Å². The van der Waals surface area contributed by atoms with Crippen LogP contribution in [0.3, 0.4) is 0 Å². The Kier molecular flexibility index (Phi) is 5.20. The predicted molar refractivity (Wildman–Crippen MR) is 121 cm³/mol. The molecule has 1 aliphatic rings. The number of halogens is 1. The van der Waals surface area contributed by atoms with E-state index in [1.807, 2.05) is 29.0 Å². The molecule has 5 rings (SSSR count). The van der Waals surface area contributed by atoms with Crippen molar-refractivity contribution in [3.63, 3.8) is 0 Å². The van der Waals surface area contributed by atoms with Gasteiger partial charge in [-0.3, -0.25) is 19.7 Å². The van der Waals surface area contributed by atoms with Gasteiger partial charge in [-0.1, -0.05) is 29.8 Å². The van der Waals surface area contributed by atoms with E-state index in [2.05, 4.69) is 25.8 Å². The average Bonchev–Trinajstić information content (AvgIpc) is 3.42. The van der Waals surface area contributed by atoms with E-state index in [0.717, 1.165) is 22.5 Å². The number of hydrogen-bond acceptors (Lipinski definition) is 4. The fourth-order valence-corrected chi connectivity index (χ4v) is 4.01. The second-order valence-corrected chi connectivity index (χ2v) is 7.87. The SMILES string of the molecule is O=C(NCc1cccnc1)c1cc2n(c1)CCc1c(NC(=O)c3ccccc3Cl)n[nH]c1-2. The third-order valence-corrected chi connectivity index (χ3v) is 5.74. The summed E-state index contributed by atoms with van der Waals surface area (Å²) in [4.78, 5) is 29.3. The average molecular weight is 447 g/mol. The van der Waals surface area contributed by atoms with E-state index in [-0.39, 0.29) is 11.8 Å². The largest absolute Gasteiger partial charge is 0.348 e. The molecule has 4 aromatic rings. The number of fused-ring (bicyclic) bond motifs is 3. The fraction of sp³-hybridized carbons (Fsp3) is 0.130. The summed E-state index contributed by atoms with van der Waals surface area (Å²) in [6.07, 6.45) is 5.92. The minimum absolute atomic E-state index is 0.163. The van der Waals surface area contributed by atoms with Crippen molar-refractivity contribution in [2.24, 2.45) is 0 Å². The Morgan fingerprint density at radius 3 is 2.84 bits per heavy atom. The molecule has 1 aliphatic heterocycles. The summed E-state index contributed by atoms with van der Waals surface area (Å²) in [5.41, 5.74) is 4.42. The lowest BCUT2D eigenvalue weighted by atomic mass is 10.1. The molecule has 1 aromatic carbocycles. The highest BCUT2D eigenvalue weighted by molar-refractivity contribution is 6.34. The lowest BCUT2D eigenvalue weighted by Gasteiger charge is -2.16. The topological polar surface area (TPSA) is 105 Å². The van der Waals surface area contributed by atoms with Crippen molar-refractivity contribution in [3.8, 4) is 11.4 Å². The number of rotatable bonds is 5. The maximum absolute atomic E-state index is 12.6. The van der Waals surface area contributed by atoms with E-state index in [4.69, 9.17) is 11.6 Å². The maximum atomic E-state index is 12.6. The molecule has 0 bridgehead atoms. The number of aryl methyl sites for hydroxylation is 1. The van der Waals surface area contributed by atoms with Gasteiger partial charge in [-0.05, 0) is 36.2 Å². The summed E-state index contributed by atoms with van der Waals surface area (Å²) in [5, 5.41) is 13.4. The zero-order valence-corrected chi connectivity index (χ0v) is 17.7. The van der Waals surface area contributed by atoms with Gasteiger partial charge in [0.1, 0.15) is 0 Å². The summed E-state index contributed by atoms with van der Waals surface area (Å²) in [5.74, 6) is -0.00895. The number of anilines is 1. The van der Waals surface area contributed by atoms with Gasteiger partial charge >= 0.3 is 0 Å². The monoisotopic (exact) mass is 446 g/mol. The second kappa shape index (κ2) is 8.32. The minimum Gasteiger partial charge on any atom is -0.348 e. The number of aromatic amines is 1. The molecule has 0 fully saturated rings. The van der Waals surface area contributed by atoms with Gasteiger partial charge in [-0.25, -0.2) is 0 Å². The standard InChI is InChI=1S/C23H19ClN6O2/c24-18-6-2-1-5-16(18)23(32)27-21-17-7-9-30-13-15(10-19(30)20(17)28-29-21)22(31)26-12-14-4-3-8-25-11-14/h1-6,8,10-11,13H,7,9,12H2,(H,26,31)(H2,27,28,29,32). The van der Waals surface area contributed by atoms with E-state index in [1.54, 1.807) is 36.7 Å². The molecular weight excluding hydrogens is 428 g/mol. The molecule has 0 saturated heterocycles. The maximum Gasteiger partial charge on any atom is 0.258 e. The first kappa shape index (κ1) is 20.0. The number of benzene rings is 1. The number of aromatic nitrogens is 4. The predicted octanol–water partition coefficient (Wildman–Crippen LogP) is 3.67. The highest BCUT2D eigenvalue weighted by Crippen LogP contribution is 2.33. The molecule has 0 aliphatic carbocycles. The molecule has 160 valence electrons. The number of carbonyl (C=O) groups is 2. The fourth-order valence-electron chi connectivity index (χ4n) is 3.79. The number of pyridine rings is 1. The van der Waals surface area contributed by atoms with Crippen molar-refractivity contribution >= 4 is 29.2 Å². The summed E-state index contributed by atoms with van der Waals surface area (Å²) in [7, 11) is 0. The zero-order chi connectivity index (χ0) is 22.1. The molecule has 3 N–H and O–H groups in total. The van der Waals surface area contributed by atoms with Crippen molar-refractivity contribution in [2.45, 2.75) is 19.5 Å². The Balaban J connectivity index is 1.34. The lowest BCUT2D eigenvalue weighted by molar-refractivity contribution is 0.0950. The van der Waals surface area contributed by atoms with Gasteiger partial charge in [-0.15, -0.1) is 0 Å². The highest BCUT2D eigenvalue weighted by atomic mass is 35.5. The van der Waals surface area contributed by atoms with E-state index in [9.17, 15) is 9.59 Å². The van der Waals surface area contributed by atoms with Crippen LogP contribution in [0, 0.1) is 0 Å². The lowest BCUT2D eigenvalue weighted by Crippen LogP contribution is -2.22. The van der Waals surface area contributed by atoms with Crippen LogP contribution in [0.5, 0.6) is 0 Å². The van der Waals surface area contributed by atoms with Crippen molar-refractivity contribution in [2.75, 3.05) is 5.32 Å². The molecule has 3 aromatic heterocycles. The van der Waals surface area contributed by atoms with Crippen LogP contribution in [0.1, 0.15) is 31.8 Å². The summed E-state index contributed by atoms with van der Waals surface area (Å²) < 4.78 is 2.01. The van der Waals surface area contributed by atoms with Gasteiger partial charge in [0, 0.05) is 37.2 Å². The van der Waals surface area contributed by atoms with E-state index >= 15 is 0 Å². The second-order valence-electron chi connectivity index (χ2n) is 7.46. The van der Waals surface area contributed by atoms with Gasteiger partial charge in [0.15, 0.2) is 5.82 Å². The zero-order valence-electron chi connectivity index (χ0n) is 16.9.